The third kappa shape index (κ3) is 5.75. The number of nitrogens with one attached hydrogen (secondary N) is 2. The van der Waals surface area contributed by atoms with Crippen molar-refractivity contribution < 1.29 is 31.6 Å². The summed E-state index contributed by atoms with van der Waals surface area (Å²) in [7, 11) is -3.80. The first-order valence-corrected chi connectivity index (χ1v) is 10.2. The van der Waals surface area contributed by atoms with Crippen LogP contribution in [0.2, 0.25) is 0 Å². The molecule has 2 N–H and O–H groups in total. The van der Waals surface area contributed by atoms with E-state index in [0.29, 0.717) is 11.4 Å². The van der Waals surface area contributed by atoms with Crippen LogP contribution in [0, 0.1) is 5.82 Å². The van der Waals surface area contributed by atoms with Gasteiger partial charge in [-0.05, 0) is 60.7 Å². The Morgan fingerprint density at radius 2 is 1.70 bits per heavy atom. The van der Waals surface area contributed by atoms with Gasteiger partial charge < -0.3 is 14.5 Å². The molecular formula is C20H17FN2O6S. The van der Waals surface area contributed by atoms with E-state index in [1.165, 1.54) is 54.8 Å². The Labute approximate surface area is 171 Å². The van der Waals surface area contributed by atoms with Crippen molar-refractivity contribution in [3.8, 4) is 0 Å². The van der Waals surface area contributed by atoms with Crippen molar-refractivity contribution in [3.63, 3.8) is 0 Å². The maximum absolute atomic E-state index is 12.8. The van der Waals surface area contributed by atoms with Crippen molar-refractivity contribution in [1.29, 1.82) is 0 Å². The largest absolute Gasteiger partial charge is 0.468 e. The average Bonchev–Trinajstić information content (AvgIpc) is 3.26. The number of ether oxygens (including phenoxy) is 1. The summed E-state index contributed by atoms with van der Waals surface area (Å²) in [6, 6.07) is 13.4. The van der Waals surface area contributed by atoms with Crippen molar-refractivity contribution in [1.82, 2.24) is 4.72 Å². The van der Waals surface area contributed by atoms with Gasteiger partial charge in [-0.3, -0.25) is 4.79 Å². The Balaban J connectivity index is 1.52. The highest BCUT2D eigenvalue weighted by molar-refractivity contribution is 7.89. The van der Waals surface area contributed by atoms with Crippen LogP contribution >= 0.6 is 0 Å². The van der Waals surface area contributed by atoms with Gasteiger partial charge >= 0.3 is 5.97 Å². The molecule has 0 saturated carbocycles. The molecule has 8 nitrogen and oxygen atoms in total. The van der Waals surface area contributed by atoms with Crippen molar-refractivity contribution in [2.75, 3.05) is 11.9 Å². The highest BCUT2D eigenvalue weighted by atomic mass is 32.2. The summed E-state index contributed by atoms with van der Waals surface area (Å²) in [5.74, 6) is -1.38. The second-order valence-electron chi connectivity index (χ2n) is 6.06. The molecule has 156 valence electrons. The topological polar surface area (TPSA) is 115 Å². The SMILES string of the molecule is O=C(COC(=O)c1ccc(S(=O)(=O)NCc2ccco2)cc1)Nc1ccc(F)cc1. The zero-order valence-electron chi connectivity index (χ0n) is 15.5. The summed E-state index contributed by atoms with van der Waals surface area (Å²) >= 11 is 0. The molecule has 0 saturated heterocycles. The molecule has 10 heteroatoms. The number of amides is 1. The lowest BCUT2D eigenvalue weighted by Gasteiger charge is -2.08. The number of sulfonamides is 1. The Morgan fingerprint density at radius 1 is 1.00 bits per heavy atom. The predicted octanol–water partition coefficient (Wildman–Crippen LogP) is 2.69. The third-order valence-electron chi connectivity index (χ3n) is 3.88. The average molecular weight is 432 g/mol. The molecule has 0 bridgehead atoms. The van der Waals surface area contributed by atoms with Gasteiger partial charge in [0.15, 0.2) is 6.61 Å². The zero-order chi connectivity index (χ0) is 21.6. The fourth-order valence-electron chi connectivity index (χ4n) is 2.38. The van der Waals surface area contributed by atoms with E-state index in [4.69, 9.17) is 9.15 Å². The minimum absolute atomic E-state index is 0.0116. The highest BCUT2D eigenvalue weighted by Gasteiger charge is 2.16. The molecule has 0 fully saturated rings. The molecule has 0 unspecified atom stereocenters. The van der Waals surface area contributed by atoms with E-state index >= 15 is 0 Å². The smallest absolute Gasteiger partial charge is 0.338 e. The van der Waals surface area contributed by atoms with E-state index < -0.39 is 34.3 Å². The Bertz CT molecular complexity index is 1110. The van der Waals surface area contributed by atoms with E-state index in [2.05, 4.69) is 10.0 Å². The normalized spacial score (nSPS) is 11.1. The maximum atomic E-state index is 12.8. The number of carbonyl (C=O) groups is 2. The number of halogens is 1. The number of hydrogen-bond donors (Lipinski definition) is 2. The number of carbonyl (C=O) groups excluding carboxylic acids is 2. The van der Waals surface area contributed by atoms with Crippen LogP contribution in [-0.2, 0) is 26.1 Å². The van der Waals surface area contributed by atoms with Crippen molar-refractivity contribution in [2.24, 2.45) is 0 Å². The summed E-state index contributed by atoms with van der Waals surface area (Å²) in [5, 5.41) is 2.45. The van der Waals surface area contributed by atoms with E-state index in [0.717, 1.165) is 0 Å². The lowest BCUT2D eigenvalue weighted by molar-refractivity contribution is -0.119. The molecule has 0 radical (unpaired) electrons. The zero-order valence-corrected chi connectivity index (χ0v) is 16.3. The highest BCUT2D eigenvalue weighted by Crippen LogP contribution is 2.13. The third-order valence-corrected chi connectivity index (χ3v) is 5.30. The quantitative estimate of drug-likeness (QED) is 0.529. The molecule has 1 aromatic heterocycles. The van der Waals surface area contributed by atoms with Crippen LogP contribution in [0.5, 0.6) is 0 Å². The van der Waals surface area contributed by atoms with Gasteiger partial charge in [0, 0.05) is 5.69 Å². The first-order valence-electron chi connectivity index (χ1n) is 8.68. The molecule has 0 spiro atoms. The fraction of sp³-hybridized carbons (Fsp3) is 0.100. The van der Waals surface area contributed by atoms with E-state index in [1.807, 2.05) is 0 Å². The van der Waals surface area contributed by atoms with Gasteiger partial charge in [0.2, 0.25) is 10.0 Å². The Kier molecular flexibility index (Phi) is 6.60. The van der Waals surface area contributed by atoms with Crippen LogP contribution in [0.15, 0.2) is 76.2 Å². The van der Waals surface area contributed by atoms with E-state index in [9.17, 15) is 22.4 Å². The molecule has 0 atom stereocenters. The first kappa shape index (κ1) is 21.2. The van der Waals surface area contributed by atoms with Gasteiger partial charge in [0.1, 0.15) is 11.6 Å². The minimum Gasteiger partial charge on any atom is -0.468 e. The molecule has 0 aliphatic heterocycles. The van der Waals surface area contributed by atoms with Crippen molar-refractivity contribution in [2.45, 2.75) is 11.4 Å². The van der Waals surface area contributed by atoms with Gasteiger partial charge in [-0.15, -0.1) is 0 Å². The lowest BCUT2D eigenvalue weighted by atomic mass is 10.2. The predicted molar refractivity (Wildman–Crippen MR) is 104 cm³/mol. The number of esters is 1. The summed E-state index contributed by atoms with van der Waals surface area (Å²) in [6.45, 7) is -0.566. The Morgan fingerprint density at radius 3 is 2.33 bits per heavy atom. The molecule has 3 rings (SSSR count). The second kappa shape index (κ2) is 9.33. The van der Waals surface area contributed by atoms with Crippen molar-refractivity contribution in [3.05, 3.63) is 84.1 Å². The van der Waals surface area contributed by atoms with E-state index in [-0.39, 0.29) is 17.0 Å². The number of rotatable bonds is 8. The van der Waals surface area contributed by atoms with Gasteiger partial charge in [0.05, 0.1) is 23.3 Å². The summed E-state index contributed by atoms with van der Waals surface area (Å²) < 4.78 is 49.7. The molecule has 30 heavy (non-hydrogen) atoms. The van der Waals surface area contributed by atoms with Crippen LogP contribution in [0.4, 0.5) is 10.1 Å². The summed E-state index contributed by atoms with van der Waals surface area (Å²) in [6.07, 6.45) is 1.43. The molecule has 0 aliphatic rings. The van der Waals surface area contributed by atoms with Crippen LogP contribution in [0.25, 0.3) is 0 Å². The monoisotopic (exact) mass is 432 g/mol. The van der Waals surface area contributed by atoms with Crippen LogP contribution < -0.4 is 10.0 Å². The standard InChI is InChI=1S/C20H17FN2O6S/c21-15-5-7-16(8-6-15)23-19(24)13-29-20(25)14-3-9-18(10-4-14)30(26,27)22-12-17-2-1-11-28-17/h1-11,22H,12-13H2,(H,23,24). The van der Waals surface area contributed by atoms with Crippen LogP contribution in [-0.4, -0.2) is 26.9 Å². The number of hydrogen-bond acceptors (Lipinski definition) is 6. The van der Waals surface area contributed by atoms with Gasteiger partial charge in [-0.2, -0.15) is 0 Å². The molecular weight excluding hydrogens is 415 g/mol. The molecule has 1 heterocycles. The van der Waals surface area contributed by atoms with Crippen LogP contribution in [0.3, 0.4) is 0 Å². The van der Waals surface area contributed by atoms with Gasteiger partial charge in [0.25, 0.3) is 5.91 Å². The minimum atomic E-state index is -3.80. The van der Waals surface area contributed by atoms with Crippen molar-refractivity contribution >= 4 is 27.6 Å². The van der Waals surface area contributed by atoms with Gasteiger partial charge in [-0.25, -0.2) is 22.3 Å². The fourth-order valence-corrected chi connectivity index (χ4v) is 3.37. The van der Waals surface area contributed by atoms with E-state index in [1.54, 1.807) is 12.1 Å². The molecule has 2 aromatic carbocycles. The lowest BCUT2D eigenvalue weighted by Crippen LogP contribution is -2.23. The number of anilines is 1. The molecule has 3 aromatic rings. The Hall–Kier alpha value is -3.50. The first-order chi connectivity index (χ1) is 14.3. The van der Waals surface area contributed by atoms with Gasteiger partial charge in [-0.1, -0.05) is 0 Å². The number of furan rings is 1. The molecule has 1 amide bonds. The molecule has 0 aliphatic carbocycles. The summed E-state index contributed by atoms with van der Waals surface area (Å²) in [5.41, 5.74) is 0.434. The number of benzene rings is 2. The maximum Gasteiger partial charge on any atom is 0.338 e. The second-order valence-corrected chi connectivity index (χ2v) is 7.83. The van der Waals surface area contributed by atoms with Crippen LogP contribution in [0.1, 0.15) is 16.1 Å². The summed E-state index contributed by atoms with van der Waals surface area (Å²) in [4.78, 5) is 23.8.